The standard InChI is InChI=1S/C12H13P/c1-2-13-12-8-7-10-5-3-4-6-11(10)9-12/h3-9,13H,2H2,1H3. The van der Waals surface area contributed by atoms with E-state index in [1.54, 1.807) is 0 Å². The van der Waals surface area contributed by atoms with Gasteiger partial charge in [0.25, 0.3) is 0 Å². The molecule has 0 saturated carbocycles. The Balaban J connectivity index is 2.49. The number of benzene rings is 2. The third kappa shape index (κ3) is 1.89. The summed E-state index contributed by atoms with van der Waals surface area (Å²) in [5.41, 5.74) is 0. The van der Waals surface area contributed by atoms with Gasteiger partial charge in [0.2, 0.25) is 0 Å². The Bertz CT molecular complexity index is 407. The second-order valence-electron chi connectivity index (χ2n) is 3.09. The van der Waals surface area contributed by atoms with Gasteiger partial charge in [0.1, 0.15) is 0 Å². The Morgan fingerprint density at radius 1 is 1.00 bits per heavy atom. The van der Waals surface area contributed by atoms with Crippen LogP contribution >= 0.6 is 8.58 Å². The van der Waals surface area contributed by atoms with Gasteiger partial charge in [-0.25, -0.2) is 0 Å². The van der Waals surface area contributed by atoms with Crippen molar-refractivity contribution in [2.45, 2.75) is 6.92 Å². The molecule has 66 valence electrons. The summed E-state index contributed by atoms with van der Waals surface area (Å²) >= 11 is 0. The van der Waals surface area contributed by atoms with Gasteiger partial charge in [-0.15, -0.1) is 0 Å². The fourth-order valence-corrected chi connectivity index (χ4v) is 2.37. The fraction of sp³-hybridized carbons (Fsp3) is 0.167. The molecule has 2 rings (SSSR count). The van der Waals surface area contributed by atoms with Crippen LogP contribution in [0.2, 0.25) is 0 Å². The molecule has 0 bridgehead atoms. The minimum absolute atomic E-state index is 0.950. The normalized spacial score (nSPS) is 11.5. The van der Waals surface area contributed by atoms with Gasteiger partial charge in [0, 0.05) is 0 Å². The molecule has 1 heteroatoms. The van der Waals surface area contributed by atoms with Crippen LogP contribution in [0.1, 0.15) is 6.92 Å². The Morgan fingerprint density at radius 2 is 1.77 bits per heavy atom. The van der Waals surface area contributed by atoms with E-state index in [-0.39, 0.29) is 0 Å². The average Bonchev–Trinajstić information content (AvgIpc) is 2.18. The molecule has 1 atom stereocenters. The Hall–Kier alpha value is -0.870. The predicted molar refractivity (Wildman–Crippen MR) is 62.4 cm³/mol. The number of fused-ring (bicyclic) bond motifs is 1. The Morgan fingerprint density at radius 3 is 2.54 bits per heavy atom. The van der Waals surface area contributed by atoms with Crippen LogP contribution in [0, 0.1) is 0 Å². The topological polar surface area (TPSA) is 0 Å². The molecule has 0 spiro atoms. The highest BCUT2D eigenvalue weighted by atomic mass is 31.1. The van der Waals surface area contributed by atoms with Crippen molar-refractivity contribution in [2.24, 2.45) is 0 Å². The number of hydrogen-bond donors (Lipinski definition) is 0. The maximum atomic E-state index is 2.30. The van der Waals surface area contributed by atoms with Gasteiger partial charge in [-0.2, -0.15) is 0 Å². The minimum atomic E-state index is 0.950. The van der Waals surface area contributed by atoms with E-state index in [0.717, 1.165) is 8.58 Å². The predicted octanol–water partition coefficient (Wildman–Crippen LogP) is 3.16. The molecule has 0 saturated heterocycles. The van der Waals surface area contributed by atoms with Gasteiger partial charge in [-0.1, -0.05) is 51.9 Å². The van der Waals surface area contributed by atoms with E-state index in [0.29, 0.717) is 0 Å². The van der Waals surface area contributed by atoms with Crippen molar-refractivity contribution in [3.05, 3.63) is 42.5 Å². The summed E-state index contributed by atoms with van der Waals surface area (Å²) in [6.07, 6.45) is 1.25. The maximum Gasteiger partial charge on any atom is -0.0178 e. The second-order valence-corrected chi connectivity index (χ2v) is 4.73. The van der Waals surface area contributed by atoms with E-state index in [4.69, 9.17) is 0 Å². The zero-order valence-corrected chi connectivity index (χ0v) is 8.75. The van der Waals surface area contributed by atoms with Crippen molar-refractivity contribution in [3.63, 3.8) is 0 Å². The molecule has 2 aromatic rings. The lowest BCUT2D eigenvalue weighted by molar-refractivity contribution is 1.52. The fourth-order valence-electron chi connectivity index (χ4n) is 1.50. The molecule has 0 heterocycles. The molecule has 13 heavy (non-hydrogen) atoms. The highest BCUT2D eigenvalue weighted by molar-refractivity contribution is 7.47. The highest BCUT2D eigenvalue weighted by Crippen LogP contribution is 2.16. The summed E-state index contributed by atoms with van der Waals surface area (Å²) in [5.74, 6) is 0. The van der Waals surface area contributed by atoms with Crippen molar-refractivity contribution in [1.29, 1.82) is 0 Å². The summed E-state index contributed by atoms with van der Waals surface area (Å²) in [4.78, 5) is 0. The maximum absolute atomic E-state index is 2.30. The van der Waals surface area contributed by atoms with Crippen molar-refractivity contribution in [2.75, 3.05) is 6.16 Å². The van der Waals surface area contributed by atoms with Gasteiger partial charge in [0.05, 0.1) is 0 Å². The average molecular weight is 188 g/mol. The highest BCUT2D eigenvalue weighted by Gasteiger charge is 1.93. The van der Waals surface area contributed by atoms with E-state index < -0.39 is 0 Å². The van der Waals surface area contributed by atoms with Crippen LogP contribution in [0.4, 0.5) is 0 Å². The molecule has 0 aliphatic rings. The largest absolute Gasteiger partial charge is 0.0907 e. The van der Waals surface area contributed by atoms with Crippen molar-refractivity contribution < 1.29 is 0 Å². The smallest absolute Gasteiger partial charge is 0.0178 e. The van der Waals surface area contributed by atoms with E-state index >= 15 is 0 Å². The van der Waals surface area contributed by atoms with Gasteiger partial charge < -0.3 is 0 Å². The van der Waals surface area contributed by atoms with Crippen LogP contribution in [0.25, 0.3) is 10.8 Å². The molecule has 0 aliphatic carbocycles. The number of hydrogen-bond acceptors (Lipinski definition) is 0. The van der Waals surface area contributed by atoms with E-state index in [1.807, 2.05) is 0 Å². The molecular formula is C12H13P. The van der Waals surface area contributed by atoms with Crippen LogP contribution in [0.3, 0.4) is 0 Å². The molecule has 0 aliphatic heterocycles. The summed E-state index contributed by atoms with van der Waals surface area (Å²) < 4.78 is 0. The lowest BCUT2D eigenvalue weighted by Gasteiger charge is -2.01. The Labute approximate surface area is 80.8 Å². The first kappa shape index (κ1) is 8.72. The van der Waals surface area contributed by atoms with Crippen LogP contribution in [-0.4, -0.2) is 6.16 Å². The SMILES string of the molecule is CCPc1ccc2ccccc2c1. The van der Waals surface area contributed by atoms with Crippen molar-refractivity contribution in [3.8, 4) is 0 Å². The monoisotopic (exact) mass is 188 g/mol. The lowest BCUT2D eigenvalue weighted by Crippen LogP contribution is -1.92. The third-order valence-electron chi connectivity index (χ3n) is 2.13. The second kappa shape index (κ2) is 3.89. The summed E-state index contributed by atoms with van der Waals surface area (Å²) in [5, 5.41) is 4.18. The minimum Gasteiger partial charge on any atom is -0.0907 e. The quantitative estimate of drug-likeness (QED) is 0.635. The number of rotatable bonds is 2. The third-order valence-corrected chi connectivity index (χ3v) is 3.20. The first-order valence-electron chi connectivity index (χ1n) is 4.63. The van der Waals surface area contributed by atoms with Crippen LogP contribution < -0.4 is 5.30 Å². The lowest BCUT2D eigenvalue weighted by atomic mass is 10.1. The van der Waals surface area contributed by atoms with E-state index in [1.165, 1.54) is 22.2 Å². The summed E-state index contributed by atoms with van der Waals surface area (Å²) in [6.45, 7) is 2.23. The molecule has 0 nitrogen and oxygen atoms in total. The van der Waals surface area contributed by atoms with Crippen LogP contribution in [-0.2, 0) is 0 Å². The van der Waals surface area contributed by atoms with Crippen LogP contribution in [0.5, 0.6) is 0 Å². The van der Waals surface area contributed by atoms with Crippen molar-refractivity contribution in [1.82, 2.24) is 0 Å². The van der Waals surface area contributed by atoms with Gasteiger partial charge >= 0.3 is 0 Å². The molecule has 0 amide bonds. The molecule has 0 radical (unpaired) electrons. The molecule has 0 fully saturated rings. The van der Waals surface area contributed by atoms with Crippen molar-refractivity contribution >= 4 is 24.7 Å². The molecule has 0 aromatic heterocycles. The van der Waals surface area contributed by atoms with Gasteiger partial charge in [-0.3, -0.25) is 0 Å². The van der Waals surface area contributed by atoms with E-state index in [2.05, 4.69) is 49.4 Å². The van der Waals surface area contributed by atoms with Gasteiger partial charge in [-0.05, 0) is 28.3 Å². The molecular weight excluding hydrogens is 175 g/mol. The Kier molecular flexibility index (Phi) is 2.61. The van der Waals surface area contributed by atoms with Crippen LogP contribution in [0.15, 0.2) is 42.5 Å². The molecule has 2 aromatic carbocycles. The molecule has 1 unspecified atom stereocenters. The zero-order chi connectivity index (χ0) is 9.10. The van der Waals surface area contributed by atoms with E-state index in [9.17, 15) is 0 Å². The molecule has 0 N–H and O–H groups in total. The first-order valence-corrected chi connectivity index (χ1v) is 5.83. The van der Waals surface area contributed by atoms with Gasteiger partial charge in [0.15, 0.2) is 0 Å². The first-order chi connectivity index (χ1) is 6.40. The zero-order valence-electron chi connectivity index (χ0n) is 7.75. The summed E-state index contributed by atoms with van der Waals surface area (Å²) in [6, 6.07) is 15.3. The summed E-state index contributed by atoms with van der Waals surface area (Å²) in [7, 11) is 0.950.